The Morgan fingerprint density at radius 2 is 2.31 bits per heavy atom. The topological polar surface area (TPSA) is 33.1 Å². The average Bonchev–Trinajstić information content (AvgIpc) is 2.85. The van der Waals surface area contributed by atoms with Crippen molar-refractivity contribution < 1.29 is 0 Å². The number of rotatable bonds is 4. The van der Waals surface area contributed by atoms with Gasteiger partial charge in [-0.2, -0.15) is 5.10 Å². The summed E-state index contributed by atoms with van der Waals surface area (Å²) in [6.07, 6.45) is 4.40. The summed E-state index contributed by atoms with van der Waals surface area (Å²) in [6.45, 7) is 7.67. The number of nitrogens with one attached hydrogen (secondary N) is 1. The Balaban J connectivity index is 2.07. The summed E-state index contributed by atoms with van der Waals surface area (Å²) in [7, 11) is 2.00. The zero-order chi connectivity index (χ0) is 11.5. The van der Waals surface area contributed by atoms with Gasteiger partial charge in [-0.15, -0.1) is 0 Å². The quantitative estimate of drug-likeness (QED) is 0.830. The first-order valence-electron chi connectivity index (χ1n) is 6.25. The smallest absolute Gasteiger partial charge is 0.0855 e. The molecule has 1 saturated heterocycles. The molecular formula is C12H22N4. The van der Waals surface area contributed by atoms with Crippen LogP contribution in [-0.4, -0.2) is 35.5 Å². The van der Waals surface area contributed by atoms with Crippen LogP contribution < -0.4 is 10.2 Å². The third kappa shape index (κ3) is 2.21. The molecule has 0 saturated carbocycles. The summed E-state index contributed by atoms with van der Waals surface area (Å²) in [4.78, 5) is 2.46. The second-order valence-corrected chi connectivity index (χ2v) is 4.48. The lowest BCUT2D eigenvalue weighted by Gasteiger charge is -2.18. The molecule has 0 amide bonds. The molecule has 4 heteroatoms. The zero-order valence-electron chi connectivity index (χ0n) is 10.5. The molecular weight excluding hydrogens is 200 g/mol. The number of anilines is 1. The van der Waals surface area contributed by atoms with Gasteiger partial charge in [0, 0.05) is 32.4 Å². The monoisotopic (exact) mass is 222 g/mol. The third-order valence-electron chi connectivity index (χ3n) is 3.24. The molecule has 2 heterocycles. The fourth-order valence-corrected chi connectivity index (χ4v) is 2.47. The van der Waals surface area contributed by atoms with Gasteiger partial charge in [-0.3, -0.25) is 4.68 Å². The average molecular weight is 222 g/mol. The maximum Gasteiger partial charge on any atom is 0.0855 e. The molecule has 0 spiro atoms. The summed E-state index contributed by atoms with van der Waals surface area (Å²) >= 11 is 0. The highest BCUT2D eigenvalue weighted by Gasteiger charge is 2.24. The number of nitrogens with zero attached hydrogens (tertiary/aromatic N) is 3. The van der Waals surface area contributed by atoms with Crippen molar-refractivity contribution in [2.75, 3.05) is 24.5 Å². The van der Waals surface area contributed by atoms with Crippen LogP contribution in [0.5, 0.6) is 0 Å². The fraction of sp³-hybridized carbons (Fsp3) is 0.750. The van der Waals surface area contributed by atoms with Crippen LogP contribution >= 0.6 is 0 Å². The van der Waals surface area contributed by atoms with Crippen molar-refractivity contribution in [3.63, 3.8) is 0 Å². The summed E-state index contributed by atoms with van der Waals surface area (Å²) in [5.74, 6) is 0. The highest BCUT2D eigenvalue weighted by Crippen LogP contribution is 2.24. The molecule has 1 aliphatic heterocycles. The van der Waals surface area contributed by atoms with Crippen LogP contribution in [0.15, 0.2) is 6.20 Å². The Bertz CT molecular complexity index is 345. The Morgan fingerprint density at radius 1 is 1.50 bits per heavy atom. The van der Waals surface area contributed by atoms with E-state index in [2.05, 4.69) is 35.4 Å². The van der Waals surface area contributed by atoms with Gasteiger partial charge in [0.15, 0.2) is 0 Å². The Labute approximate surface area is 97.6 Å². The first kappa shape index (κ1) is 11.5. The number of hydrogen-bond donors (Lipinski definition) is 1. The van der Waals surface area contributed by atoms with Crippen LogP contribution in [-0.2, 0) is 13.5 Å². The minimum atomic E-state index is 0.648. The molecule has 90 valence electrons. The van der Waals surface area contributed by atoms with Crippen LogP contribution in [0.2, 0.25) is 0 Å². The van der Waals surface area contributed by atoms with Crippen molar-refractivity contribution in [3.8, 4) is 0 Å². The van der Waals surface area contributed by atoms with E-state index < -0.39 is 0 Å². The minimum Gasteiger partial charge on any atom is -0.367 e. The van der Waals surface area contributed by atoms with Crippen LogP contribution in [0.4, 0.5) is 5.69 Å². The van der Waals surface area contributed by atoms with Gasteiger partial charge in [0.1, 0.15) is 0 Å². The zero-order valence-corrected chi connectivity index (χ0v) is 10.5. The molecule has 1 fully saturated rings. The lowest BCUT2D eigenvalue weighted by molar-refractivity contribution is 0.572. The Hall–Kier alpha value is -1.03. The fourth-order valence-electron chi connectivity index (χ4n) is 2.47. The van der Waals surface area contributed by atoms with Crippen LogP contribution in [0.1, 0.15) is 26.0 Å². The highest BCUT2D eigenvalue weighted by atomic mass is 15.3. The molecule has 2 rings (SSSR count). The SMILES string of the molecule is CCNC1CCN(c2cn(C)nc2CC)C1. The molecule has 1 N–H and O–H groups in total. The maximum absolute atomic E-state index is 4.50. The number of likely N-dealkylation sites (N-methyl/N-ethyl adjacent to an activating group) is 1. The lowest BCUT2D eigenvalue weighted by atomic mass is 10.2. The van der Waals surface area contributed by atoms with Crippen molar-refractivity contribution in [2.45, 2.75) is 32.7 Å². The van der Waals surface area contributed by atoms with Gasteiger partial charge < -0.3 is 10.2 Å². The normalized spacial score (nSPS) is 20.7. The van der Waals surface area contributed by atoms with E-state index in [-0.39, 0.29) is 0 Å². The van der Waals surface area contributed by atoms with E-state index in [1.54, 1.807) is 0 Å². The molecule has 1 aromatic heterocycles. The molecule has 0 bridgehead atoms. The second kappa shape index (κ2) is 4.87. The molecule has 1 aliphatic rings. The van der Waals surface area contributed by atoms with E-state index in [0.29, 0.717) is 6.04 Å². The van der Waals surface area contributed by atoms with Crippen molar-refractivity contribution in [1.82, 2.24) is 15.1 Å². The van der Waals surface area contributed by atoms with Crippen LogP contribution in [0.3, 0.4) is 0 Å². The van der Waals surface area contributed by atoms with Crippen molar-refractivity contribution in [2.24, 2.45) is 7.05 Å². The summed E-state index contributed by atoms with van der Waals surface area (Å²) in [6, 6.07) is 0.648. The molecule has 1 atom stereocenters. The summed E-state index contributed by atoms with van der Waals surface area (Å²) < 4.78 is 1.93. The Morgan fingerprint density at radius 3 is 3.00 bits per heavy atom. The van der Waals surface area contributed by atoms with Crippen LogP contribution in [0, 0.1) is 0 Å². The molecule has 1 aromatic rings. The number of aryl methyl sites for hydroxylation is 2. The summed E-state index contributed by atoms with van der Waals surface area (Å²) in [5.41, 5.74) is 2.55. The standard InChI is InChI=1S/C12H22N4/c1-4-11-12(9-15(3)14-11)16-7-6-10(8-16)13-5-2/h9-10,13H,4-8H2,1-3H3. The van der Waals surface area contributed by atoms with E-state index in [9.17, 15) is 0 Å². The molecule has 0 aliphatic carbocycles. The molecule has 0 radical (unpaired) electrons. The van der Waals surface area contributed by atoms with Gasteiger partial charge in [-0.05, 0) is 19.4 Å². The van der Waals surface area contributed by atoms with E-state index in [4.69, 9.17) is 0 Å². The van der Waals surface area contributed by atoms with Crippen molar-refractivity contribution in [3.05, 3.63) is 11.9 Å². The molecule has 0 aromatic carbocycles. The van der Waals surface area contributed by atoms with Gasteiger partial charge in [0.2, 0.25) is 0 Å². The largest absolute Gasteiger partial charge is 0.367 e. The number of aromatic nitrogens is 2. The van der Waals surface area contributed by atoms with E-state index in [0.717, 1.165) is 26.1 Å². The molecule has 4 nitrogen and oxygen atoms in total. The van der Waals surface area contributed by atoms with Gasteiger partial charge in [0.05, 0.1) is 11.4 Å². The first-order valence-corrected chi connectivity index (χ1v) is 6.25. The highest BCUT2D eigenvalue weighted by molar-refractivity contribution is 5.50. The Kier molecular flexibility index (Phi) is 3.49. The molecule has 1 unspecified atom stereocenters. The van der Waals surface area contributed by atoms with E-state index in [1.165, 1.54) is 17.8 Å². The second-order valence-electron chi connectivity index (χ2n) is 4.48. The van der Waals surface area contributed by atoms with E-state index >= 15 is 0 Å². The predicted octanol–water partition coefficient (Wildman–Crippen LogP) is 1.17. The predicted molar refractivity (Wildman–Crippen MR) is 66.9 cm³/mol. The van der Waals surface area contributed by atoms with Gasteiger partial charge in [-0.25, -0.2) is 0 Å². The lowest BCUT2D eigenvalue weighted by Crippen LogP contribution is -2.32. The minimum absolute atomic E-state index is 0.648. The van der Waals surface area contributed by atoms with Crippen LogP contribution in [0.25, 0.3) is 0 Å². The summed E-state index contributed by atoms with van der Waals surface area (Å²) in [5, 5.41) is 8.02. The number of hydrogen-bond acceptors (Lipinski definition) is 3. The van der Waals surface area contributed by atoms with Gasteiger partial charge in [-0.1, -0.05) is 13.8 Å². The maximum atomic E-state index is 4.50. The van der Waals surface area contributed by atoms with Crippen molar-refractivity contribution in [1.29, 1.82) is 0 Å². The van der Waals surface area contributed by atoms with Gasteiger partial charge >= 0.3 is 0 Å². The van der Waals surface area contributed by atoms with Gasteiger partial charge in [0.25, 0.3) is 0 Å². The van der Waals surface area contributed by atoms with E-state index in [1.807, 2.05) is 11.7 Å². The third-order valence-corrected chi connectivity index (χ3v) is 3.24. The first-order chi connectivity index (χ1) is 7.74. The molecule has 16 heavy (non-hydrogen) atoms. The van der Waals surface area contributed by atoms with Crippen molar-refractivity contribution >= 4 is 5.69 Å².